The predicted octanol–water partition coefficient (Wildman–Crippen LogP) is 1.56. The Bertz CT molecular complexity index is 730. The summed E-state index contributed by atoms with van der Waals surface area (Å²) in [5.41, 5.74) is 1.66. The lowest BCUT2D eigenvalue weighted by Crippen LogP contribution is -2.42. The smallest absolute Gasteiger partial charge is 0.240 e. The highest BCUT2D eigenvalue weighted by molar-refractivity contribution is 7.89. The molecule has 0 spiro atoms. The minimum Gasteiger partial charge on any atom is -0.381 e. The lowest BCUT2D eigenvalue weighted by molar-refractivity contribution is 0.123. The number of sulfonamides is 1. The molecule has 0 aliphatic heterocycles. The molecule has 0 saturated heterocycles. The fraction of sp³-hybridized carbons (Fsp3) is 0.632. The van der Waals surface area contributed by atoms with Crippen LogP contribution < -0.4 is 15.4 Å². The zero-order valence-electron chi connectivity index (χ0n) is 16.5. The van der Waals surface area contributed by atoms with Gasteiger partial charge in [-0.25, -0.2) is 13.1 Å². The highest BCUT2D eigenvalue weighted by Crippen LogP contribution is 2.28. The van der Waals surface area contributed by atoms with E-state index >= 15 is 0 Å². The Morgan fingerprint density at radius 3 is 2.63 bits per heavy atom. The van der Waals surface area contributed by atoms with E-state index in [1.54, 1.807) is 20.0 Å². The van der Waals surface area contributed by atoms with Gasteiger partial charge in [0.2, 0.25) is 10.0 Å². The Labute approximate surface area is 163 Å². The van der Waals surface area contributed by atoms with Gasteiger partial charge in [-0.05, 0) is 56.2 Å². The molecular weight excluding hydrogens is 364 g/mol. The number of hydrogen-bond acceptors (Lipinski definition) is 4. The molecule has 1 aliphatic rings. The fourth-order valence-electron chi connectivity index (χ4n) is 2.58. The van der Waals surface area contributed by atoms with Crippen LogP contribution >= 0.6 is 0 Å². The molecule has 0 amide bonds. The molecule has 152 valence electrons. The van der Waals surface area contributed by atoms with Crippen molar-refractivity contribution in [2.45, 2.75) is 38.0 Å². The van der Waals surface area contributed by atoms with Gasteiger partial charge in [0.1, 0.15) is 0 Å². The molecule has 7 nitrogen and oxygen atoms in total. The van der Waals surface area contributed by atoms with Crippen LogP contribution in [0.2, 0.25) is 0 Å². The molecule has 2 rings (SSSR count). The first-order valence-corrected chi connectivity index (χ1v) is 11.0. The van der Waals surface area contributed by atoms with Gasteiger partial charge in [0.25, 0.3) is 0 Å². The quantitative estimate of drug-likeness (QED) is 0.300. The van der Waals surface area contributed by atoms with Gasteiger partial charge < -0.3 is 15.4 Å². The largest absolute Gasteiger partial charge is 0.381 e. The number of hydrogen-bond donors (Lipinski definition) is 3. The summed E-state index contributed by atoms with van der Waals surface area (Å²) in [6, 6.07) is 5.42. The molecule has 27 heavy (non-hydrogen) atoms. The minimum absolute atomic E-state index is 0.279. The van der Waals surface area contributed by atoms with E-state index in [0.29, 0.717) is 17.4 Å². The lowest BCUT2D eigenvalue weighted by Gasteiger charge is -2.13. The summed E-state index contributed by atoms with van der Waals surface area (Å²) in [6.45, 7) is 6.80. The van der Waals surface area contributed by atoms with Crippen LogP contribution in [-0.2, 0) is 14.8 Å². The SMILES string of the molecule is CN=C(NCCCOCC1CC1)NCCNS(=O)(=O)c1cc(C)ccc1C. The normalized spacial score (nSPS) is 15.0. The van der Waals surface area contributed by atoms with Crippen LogP contribution in [0.3, 0.4) is 0 Å². The van der Waals surface area contributed by atoms with Crippen molar-refractivity contribution in [2.75, 3.05) is 39.9 Å². The van der Waals surface area contributed by atoms with E-state index in [9.17, 15) is 8.42 Å². The second-order valence-corrected chi connectivity index (χ2v) is 8.70. The second-order valence-electron chi connectivity index (χ2n) is 6.96. The minimum atomic E-state index is -3.51. The molecule has 1 fully saturated rings. The van der Waals surface area contributed by atoms with E-state index in [4.69, 9.17) is 4.74 Å². The number of benzene rings is 1. The number of rotatable bonds is 11. The molecule has 0 atom stereocenters. The monoisotopic (exact) mass is 396 g/mol. The summed E-state index contributed by atoms with van der Waals surface area (Å²) in [4.78, 5) is 4.47. The maximum Gasteiger partial charge on any atom is 0.240 e. The van der Waals surface area contributed by atoms with Crippen LogP contribution in [0.5, 0.6) is 0 Å². The van der Waals surface area contributed by atoms with Crippen LogP contribution in [0.1, 0.15) is 30.4 Å². The third kappa shape index (κ3) is 7.86. The zero-order chi connectivity index (χ0) is 19.7. The molecule has 0 bridgehead atoms. The number of aliphatic imine (C=N–C) groups is 1. The van der Waals surface area contributed by atoms with Crippen LogP contribution in [0.25, 0.3) is 0 Å². The number of aryl methyl sites for hydroxylation is 2. The van der Waals surface area contributed by atoms with E-state index < -0.39 is 10.0 Å². The van der Waals surface area contributed by atoms with Crippen LogP contribution in [0.15, 0.2) is 28.1 Å². The third-order valence-electron chi connectivity index (χ3n) is 4.37. The Balaban J connectivity index is 1.64. The topological polar surface area (TPSA) is 91.8 Å². The highest BCUT2D eigenvalue weighted by atomic mass is 32.2. The van der Waals surface area contributed by atoms with Crippen molar-refractivity contribution in [2.24, 2.45) is 10.9 Å². The fourth-order valence-corrected chi connectivity index (χ4v) is 3.94. The maximum atomic E-state index is 12.4. The van der Waals surface area contributed by atoms with E-state index in [-0.39, 0.29) is 6.54 Å². The Hall–Kier alpha value is -1.64. The van der Waals surface area contributed by atoms with Crippen molar-refractivity contribution in [3.05, 3.63) is 29.3 Å². The van der Waals surface area contributed by atoms with E-state index in [1.807, 2.05) is 19.1 Å². The number of guanidine groups is 1. The molecule has 1 aromatic carbocycles. The molecule has 0 heterocycles. The molecular formula is C19H32N4O3S. The zero-order valence-corrected chi connectivity index (χ0v) is 17.4. The van der Waals surface area contributed by atoms with Gasteiger partial charge in [0.05, 0.1) is 4.90 Å². The first-order chi connectivity index (χ1) is 12.9. The summed E-state index contributed by atoms with van der Waals surface area (Å²) >= 11 is 0. The van der Waals surface area contributed by atoms with Gasteiger partial charge >= 0.3 is 0 Å². The van der Waals surface area contributed by atoms with Crippen molar-refractivity contribution in [3.8, 4) is 0 Å². The Morgan fingerprint density at radius 1 is 1.19 bits per heavy atom. The van der Waals surface area contributed by atoms with Crippen molar-refractivity contribution >= 4 is 16.0 Å². The summed E-state index contributed by atoms with van der Waals surface area (Å²) in [6.07, 6.45) is 3.52. The maximum absolute atomic E-state index is 12.4. The number of nitrogens with one attached hydrogen (secondary N) is 3. The third-order valence-corrected chi connectivity index (χ3v) is 5.98. The standard InChI is InChI=1S/C19H32N4O3S/c1-15-5-6-16(2)18(13-15)27(24,25)23-11-10-22-19(20-3)21-9-4-12-26-14-17-7-8-17/h5-6,13,17,23H,4,7-12,14H2,1-3H3,(H2,20,21,22). The van der Waals surface area contributed by atoms with Crippen molar-refractivity contribution < 1.29 is 13.2 Å². The average Bonchev–Trinajstić information content (AvgIpc) is 3.46. The van der Waals surface area contributed by atoms with Crippen LogP contribution in [0.4, 0.5) is 0 Å². The predicted molar refractivity (Wildman–Crippen MR) is 109 cm³/mol. The molecule has 3 N–H and O–H groups in total. The van der Waals surface area contributed by atoms with Gasteiger partial charge in [0, 0.05) is 39.9 Å². The first kappa shape index (κ1) is 21.7. The Morgan fingerprint density at radius 2 is 1.93 bits per heavy atom. The molecule has 1 aromatic rings. The molecule has 0 aromatic heterocycles. The second kappa shape index (κ2) is 10.6. The van der Waals surface area contributed by atoms with Gasteiger partial charge in [-0.2, -0.15) is 0 Å². The van der Waals surface area contributed by atoms with Gasteiger partial charge in [-0.1, -0.05) is 12.1 Å². The van der Waals surface area contributed by atoms with Crippen LogP contribution in [0, 0.1) is 19.8 Å². The van der Waals surface area contributed by atoms with Gasteiger partial charge in [-0.3, -0.25) is 4.99 Å². The molecule has 1 aliphatic carbocycles. The van der Waals surface area contributed by atoms with Crippen molar-refractivity contribution in [1.82, 2.24) is 15.4 Å². The van der Waals surface area contributed by atoms with Crippen molar-refractivity contribution in [1.29, 1.82) is 0 Å². The number of nitrogens with zero attached hydrogens (tertiary/aromatic N) is 1. The van der Waals surface area contributed by atoms with E-state index in [0.717, 1.165) is 43.2 Å². The molecule has 0 unspecified atom stereocenters. The van der Waals surface area contributed by atoms with E-state index in [1.165, 1.54) is 12.8 Å². The summed E-state index contributed by atoms with van der Waals surface area (Å²) in [5, 5.41) is 6.31. The van der Waals surface area contributed by atoms with Crippen molar-refractivity contribution in [3.63, 3.8) is 0 Å². The number of ether oxygens (including phenoxy) is 1. The van der Waals surface area contributed by atoms with Gasteiger partial charge in [0.15, 0.2) is 5.96 Å². The molecule has 0 radical (unpaired) electrons. The molecule has 1 saturated carbocycles. The van der Waals surface area contributed by atoms with Crippen LogP contribution in [-0.4, -0.2) is 54.3 Å². The Kier molecular flexibility index (Phi) is 8.53. The van der Waals surface area contributed by atoms with Gasteiger partial charge in [-0.15, -0.1) is 0 Å². The average molecular weight is 397 g/mol. The summed E-state index contributed by atoms with van der Waals surface area (Å²) in [7, 11) is -1.82. The summed E-state index contributed by atoms with van der Waals surface area (Å²) in [5.74, 6) is 1.45. The highest BCUT2D eigenvalue weighted by Gasteiger charge is 2.20. The van der Waals surface area contributed by atoms with E-state index in [2.05, 4.69) is 20.3 Å². The lowest BCUT2D eigenvalue weighted by atomic mass is 10.2. The first-order valence-electron chi connectivity index (χ1n) is 9.51. The summed E-state index contributed by atoms with van der Waals surface area (Å²) < 4.78 is 33.1. The molecule has 8 heteroatoms.